The number of carbonyl (C=O) groups is 1. The van der Waals surface area contributed by atoms with Crippen LogP contribution in [0.3, 0.4) is 0 Å². The van der Waals surface area contributed by atoms with Crippen molar-refractivity contribution >= 4 is 11.6 Å². The Morgan fingerprint density at radius 1 is 1.13 bits per heavy atom. The Morgan fingerprint density at radius 3 is 2.71 bits per heavy atom. The normalized spacial score (nSPS) is 17.7. The maximum Gasteiger partial charge on any atom is 0.279 e. The van der Waals surface area contributed by atoms with Gasteiger partial charge in [-0.25, -0.2) is 13.5 Å². The van der Waals surface area contributed by atoms with Gasteiger partial charge in [0, 0.05) is 42.1 Å². The lowest BCUT2D eigenvalue weighted by molar-refractivity contribution is 0.0975. The number of carbonyl (C=O) groups excluding carboxylic acids is 1. The third-order valence-electron chi connectivity index (χ3n) is 6.06. The van der Waals surface area contributed by atoms with Crippen molar-refractivity contribution in [1.82, 2.24) is 9.78 Å². The minimum atomic E-state index is -0.931. The molecule has 5 nitrogen and oxygen atoms in total. The van der Waals surface area contributed by atoms with Crippen LogP contribution in [0, 0.1) is 17.6 Å². The number of fused-ring (bicyclic) bond motifs is 1. The van der Waals surface area contributed by atoms with E-state index in [0.717, 1.165) is 54.8 Å². The van der Waals surface area contributed by atoms with Gasteiger partial charge in [-0.1, -0.05) is 18.2 Å². The molecule has 0 bridgehead atoms. The van der Waals surface area contributed by atoms with Crippen molar-refractivity contribution in [1.29, 1.82) is 0 Å². The fourth-order valence-corrected chi connectivity index (χ4v) is 4.47. The van der Waals surface area contributed by atoms with Crippen LogP contribution in [0.25, 0.3) is 5.69 Å². The Labute approximate surface area is 179 Å². The van der Waals surface area contributed by atoms with Gasteiger partial charge in [-0.05, 0) is 49.9 Å². The van der Waals surface area contributed by atoms with Gasteiger partial charge in [-0.15, -0.1) is 0 Å². The summed E-state index contributed by atoms with van der Waals surface area (Å²) < 4.78 is 34.4. The Morgan fingerprint density at radius 2 is 1.97 bits per heavy atom. The SMILES string of the molecule is O=C(c1nn(-c2ccc(F)c(F)c2)c2c1CCC2)N(CC1CCOC1)c1ccccc1. The number of benzene rings is 2. The molecule has 1 aromatic heterocycles. The smallest absolute Gasteiger partial charge is 0.279 e. The summed E-state index contributed by atoms with van der Waals surface area (Å²) in [5.74, 6) is -1.74. The van der Waals surface area contributed by atoms with Crippen LogP contribution in [0.4, 0.5) is 14.5 Å². The predicted octanol–water partition coefficient (Wildman–Crippen LogP) is 4.32. The summed E-state index contributed by atoms with van der Waals surface area (Å²) in [7, 11) is 0. The molecule has 2 aromatic carbocycles. The number of halogens is 2. The number of aromatic nitrogens is 2. The Kier molecular flexibility index (Phi) is 5.28. The maximum absolute atomic E-state index is 13.9. The van der Waals surface area contributed by atoms with Crippen LogP contribution in [0.1, 0.15) is 34.6 Å². The number of rotatable bonds is 5. The molecule has 1 aliphatic heterocycles. The summed E-state index contributed by atoms with van der Waals surface area (Å²) in [5.41, 5.74) is 3.42. The molecule has 0 radical (unpaired) electrons. The number of amides is 1. The monoisotopic (exact) mass is 423 g/mol. The van der Waals surface area contributed by atoms with Crippen molar-refractivity contribution < 1.29 is 18.3 Å². The highest BCUT2D eigenvalue weighted by atomic mass is 19.2. The molecule has 1 atom stereocenters. The van der Waals surface area contributed by atoms with Gasteiger partial charge in [0.05, 0.1) is 12.3 Å². The molecule has 2 heterocycles. The van der Waals surface area contributed by atoms with E-state index >= 15 is 0 Å². The molecule has 0 N–H and O–H groups in total. The van der Waals surface area contributed by atoms with Crippen molar-refractivity contribution in [3.63, 3.8) is 0 Å². The highest BCUT2D eigenvalue weighted by Gasteiger charge is 2.32. The average molecular weight is 423 g/mol. The van der Waals surface area contributed by atoms with E-state index in [1.165, 1.54) is 6.07 Å². The number of ether oxygens (including phenoxy) is 1. The number of nitrogens with zero attached hydrogens (tertiary/aromatic N) is 3. The molecule has 1 aliphatic carbocycles. The van der Waals surface area contributed by atoms with Crippen LogP contribution in [0.2, 0.25) is 0 Å². The van der Waals surface area contributed by atoms with Crippen LogP contribution >= 0.6 is 0 Å². The minimum absolute atomic E-state index is 0.169. The maximum atomic E-state index is 13.9. The summed E-state index contributed by atoms with van der Waals surface area (Å²) in [4.78, 5) is 15.5. The standard InChI is InChI=1S/C24H23F2N3O2/c25-20-10-9-18(13-21(20)26)29-22-8-4-7-19(22)23(27-29)24(30)28(14-16-11-12-31-15-16)17-5-2-1-3-6-17/h1-3,5-6,9-10,13,16H,4,7-8,11-12,14-15H2. The largest absolute Gasteiger partial charge is 0.381 e. The van der Waals surface area contributed by atoms with Gasteiger partial charge in [-0.2, -0.15) is 5.10 Å². The predicted molar refractivity (Wildman–Crippen MR) is 113 cm³/mol. The zero-order valence-electron chi connectivity index (χ0n) is 17.1. The fourth-order valence-electron chi connectivity index (χ4n) is 4.47. The van der Waals surface area contributed by atoms with E-state index in [9.17, 15) is 13.6 Å². The summed E-state index contributed by atoms with van der Waals surface area (Å²) in [6.45, 7) is 1.90. The molecule has 0 saturated carbocycles. The molecule has 1 fully saturated rings. The highest BCUT2D eigenvalue weighted by molar-refractivity contribution is 6.06. The molecule has 5 rings (SSSR count). The van der Waals surface area contributed by atoms with Crippen molar-refractivity contribution in [3.8, 4) is 5.69 Å². The quantitative estimate of drug-likeness (QED) is 0.614. The van der Waals surface area contributed by atoms with Crippen LogP contribution in [-0.4, -0.2) is 35.4 Å². The fraction of sp³-hybridized carbons (Fsp3) is 0.333. The summed E-state index contributed by atoms with van der Waals surface area (Å²) in [6, 6.07) is 13.3. The molecule has 7 heteroatoms. The van der Waals surface area contributed by atoms with Gasteiger partial charge in [0.2, 0.25) is 0 Å². The lowest BCUT2D eigenvalue weighted by Crippen LogP contribution is -2.36. The molecule has 3 aromatic rings. The number of hydrogen-bond donors (Lipinski definition) is 0. The first kappa shape index (κ1) is 19.9. The van der Waals surface area contributed by atoms with E-state index in [1.54, 1.807) is 9.58 Å². The van der Waals surface area contributed by atoms with Gasteiger partial charge in [0.25, 0.3) is 5.91 Å². The first-order valence-corrected chi connectivity index (χ1v) is 10.6. The zero-order chi connectivity index (χ0) is 21.4. The molecule has 1 amide bonds. The lowest BCUT2D eigenvalue weighted by atomic mass is 10.1. The molecular weight excluding hydrogens is 400 g/mol. The van der Waals surface area contributed by atoms with Gasteiger partial charge in [0.15, 0.2) is 17.3 Å². The van der Waals surface area contributed by atoms with Gasteiger partial charge in [0.1, 0.15) is 0 Å². The minimum Gasteiger partial charge on any atom is -0.381 e. The van der Waals surface area contributed by atoms with E-state index in [2.05, 4.69) is 5.10 Å². The average Bonchev–Trinajstić information content (AvgIpc) is 3.52. The number of para-hydroxylation sites is 1. The molecular formula is C24H23F2N3O2. The van der Waals surface area contributed by atoms with Crippen molar-refractivity contribution in [2.45, 2.75) is 25.7 Å². The van der Waals surface area contributed by atoms with Crippen LogP contribution < -0.4 is 4.90 Å². The van der Waals surface area contributed by atoms with E-state index in [-0.39, 0.29) is 11.8 Å². The lowest BCUT2D eigenvalue weighted by Gasteiger charge is -2.25. The highest BCUT2D eigenvalue weighted by Crippen LogP contribution is 2.31. The summed E-state index contributed by atoms with van der Waals surface area (Å²) in [6.07, 6.45) is 3.31. The third kappa shape index (κ3) is 3.74. The van der Waals surface area contributed by atoms with Crippen LogP contribution in [0.5, 0.6) is 0 Å². The van der Waals surface area contributed by atoms with Gasteiger partial charge in [-0.3, -0.25) is 4.79 Å². The molecule has 0 spiro atoms. The second-order valence-corrected chi connectivity index (χ2v) is 8.12. The Bertz CT molecular complexity index is 1110. The molecule has 31 heavy (non-hydrogen) atoms. The second-order valence-electron chi connectivity index (χ2n) is 8.12. The van der Waals surface area contributed by atoms with Crippen molar-refractivity contribution in [2.24, 2.45) is 5.92 Å². The second kappa shape index (κ2) is 8.23. The van der Waals surface area contributed by atoms with E-state index < -0.39 is 11.6 Å². The Hall–Kier alpha value is -3.06. The molecule has 1 unspecified atom stereocenters. The van der Waals surface area contributed by atoms with Gasteiger partial charge < -0.3 is 9.64 Å². The molecule has 1 saturated heterocycles. The first-order chi connectivity index (χ1) is 15.1. The zero-order valence-corrected chi connectivity index (χ0v) is 17.1. The molecule has 2 aliphatic rings. The number of hydrogen-bond acceptors (Lipinski definition) is 3. The summed E-state index contributed by atoms with van der Waals surface area (Å²) in [5, 5.41) is 4.60. The van der Waals surface area contributed by atoms with Crippen LogP contribution in [0.15, 0.2) is 48.5 Å². The van der Waals surface area contributed by atoms with Crippen molar-refractivity contribution in [2.75, 3.05) is 24.7 Å². The third-order valence-corrected chi connectivity index (χ3v) is 6.06. The van der Waals surface area contributed by atoms with Crippen LogP contribution in [-0.2, 0) is 17.6 Å². The van der Waals surface area contributed by atoms with E-state index in [1.807, 2.05) is 30.3 Å². The van der Waals surface area contributed by atoms with E-state index in [0.29, 0.717) is 31.1 Å². The van der Waals surface area contributed by atoms with Gasteiger partial charge >= 0.3 is 0 Å². The Balaban J connectivity index is 1.54. The summed E-state index contributed by atoms with van der Waals surface area (Å²) >= 11 is 0. The van der Waals surface area contributed by atoms with Crippen molar-refractivity contribution in [3.05, 3.63) is 77.1 Å². The number of anilines is 1. The topological polar surface area (TPSA) is 47.4 Å². The first-order valence-electron chi connectivity index (χ1n) is 10.6. The molecule has 160 valence electrons. The van der Waals surface area contributed by atoms with E-state index in [4.69, 9.17) is 4.74 Å².